The number of hydrogen-bond donors (Lipinski definition) is 0. The molecule has 0 saturated heterocycles. The van der Waals surface area contributed by atoms with Crippen molar-refractivity contribution in [2.75, 3.05) is 0 Å². The van der Waals surface area contributed by atoms with Gasteiger partial charge in [0.15, 0.2) is 0 Å². The number of hydrogen-bond acceptors (Lipinski definition) is 0. The average Bonchev–Trinajstić information content (AvgIpc) is 2.62. The molecule has 0 bridgehead atoms. The van der Waals surface area contributed by atoms with E-state index in [4.69, 9.17) is 0 Å². The highest BCUT2D eigenvalue weighted by molar-refractivity contribution is 5.20. The van der Waals surface area contributed by atoms with Crippen LogP contribution in [0.4, 0.5) is 0 Å². The van der Waals surface area contributed by atoms with Crippen LogP contribution in [0.15, 0.2) is 12.2 Å². The molecular weight excluding hydrogens is 180 g/mol. The van der Waals surface area contributed by atoms with E-state index in [2.05, 4.69) is 27.4 Å². The van der Waals surface area contributed by atoms with Gasteiger partial charge in [-0.3, -0.25) is 0 Å². The minimum atomic E-state index is 0.707. The van der Waals surface area contributed by atoms with Gasteiger partial charge in [0.1, 0.15) is 0 Å². The summed E-state index contributed by atoms with van der Waals surface area (Å²) in [5.74, 6) is 4.98. The lowest BCUT2D eigenvalue weighted by Crippen LogP contribution is -2.53. The zero-order valence-electron chi connectivity index (χ0n) is 10.4. The molecule has 0 aromatic rings. The van der Waals surface area contributed by atoms with Crippen molar-refractivity contribution in [3.05, 3.63) is 12.2 Å². The van der Waals surface area contributed by atoms with Gasteiger partial charge in [0.2, 0.25) is 0 Å². The quantitative estimate of drug-likeness (QED) is 0.559. The van der Waals surface area contributed by atoms with Crippen molar-refractivity contribution in [1.29, 1.82) is 0 Å². The van der Waals surface area contributed by atoms with E-state index in [1.165, 1.54) is 31.3 Å². The summed E-state index contributed by atoms with van der Waals surface area (Å²) in [6.07, 6.45) is 5.91. The molecule has 0 spiro atoms. The second kappa shape index (κ2) is 2.90. The second-order valence-electron chi connectivity index (χ2n) is 6.76. The SMILES string of the molecule is C=C(C)[C@@H]1CC[C@]2(C)[C@H]1[C@@H]1[C@H]2CC[C@@H]1C. The van der Waals surface area contributed by atoms with Crippen LogP contribution in [0.3, 0.4) is 0 Å². The first-order valence-electron chi connectivity index (χ1n) is 6.71. The predicted octanol–water partition coefficient (Wildman–Crippen LogP) is 4.27. The molecular formula is C15H24. The normalized spacial score (nSPS) is 57.1. The Hall–Kier alpha value is -0.260. The first-order valence-corrected chi connectivity index (χ1v) is 6.71. The highest BCUT2D eigenvalue weighted by atomic mass is 14.7. The number of allylic oxidation sites excluding steroid dienone is 1. The summed E-state index contributed by atoms with van der Waals surface area (Å²) in [7, 11) is 0. The predicted molar refractivity (Wildman–Crippen MR) is 64.5 cm³/mol. The Morgan fingerprint density at radius 1 is 1.27 bits per heavy atom. The Kier molecular flexibility index (Phi) is 1.92. The van der Waals surface area contributed by atoms with E-state index in [9.17, 15) is 0 Å². The summed E-state index contributed by atoms with van der Waals surface area (Å²) in [4.78, 5) is 0. The fourth-order valence-electron chi connectivity index (χ4n) is 5.44. The summed E-state index contributed by atoms with van der Waals surface area (Å²) in [6, 6.07) is 0. The molecule has 3 rings (SSSR count). The Balaban J connectivity index is 1.91. The van der Waals surface area contributed by atoms with Gasteiger partial charge in [0, 0.05) is 0 Å². The molecule has 0 aliphatic heterocycles. The molecule has 0 heteroatoms. The van der Waals surface area contributed by atoms with Crippen molar-refractivity contribution in [1.82, 2.24) is 0 Å². The molecule has 0 heterocycles. The van der Waals surface area contributed by atoms with Crippen molar-refractivity contribution in [3.8, 4) is 0 Å². The molecule has 15 heavy (non-hydrogen) atoms. The molecule has 84 valence electrons. The molecule has 0 unspecified atom stereocenters. The van der Waals surface area contributed by atoms with Crippen molar-refractivity contribution in [3.63, 3.8) is 0 Å². The monoisotopic (exact) mass is 204 g/mol. The second-order valence-corrected chi connectivity index (χ2v) is 6.76. The van der Waals surface area contributed by atoms with Gasteiger partial charge in [-0.2, -0.15) is 0 Å². The fraction of sp³-hybridized carbons (Fsp3) is 0.867. The van der Waals surface area contributed by atoms with Crippen LogP contribution in [0.5, 0.6) is 0 Å². The summed E-state index contributed by atoms with van der Waals surface area (Å²) in [5, 5.41) is 0. The average molecular weight is 204 g/mol. The molecule has 0 nitrogen and oxygen atoms in total. The molecule has 3 saturated carbocycles. The zero-order chi connectivity index (χ0) is 10.8. The largest absolute Gasteiger partial charge is 0.0998 e. The van der Waals surface area contributed by atoms with Gasteiger partial charge in [-0.05, 0) is 61.2 Å². The Bertz CT molecular complexity index is 303. The molecule has 3 aliphatic carbocycles. The molecule has 0 aromatic carbocycles. The van der Waals surface area contributed by atoms with Crippen LogP contribution >= 0.6 is 0 Å². The van der Waals surface area contributed by atoms with E-state index in [1.807, 2.05) is 0 Å². The standard InChI is InChI=1S/C15H24/c1-9(2)11-7-8-15(4)12-6-5-10(3)13(12)14(11)15/h10-14H,1,5-8H2,2-4H3/t10-,11-,12+,13-,14+,15-/m0/s1. The van der Waals surface area contributed by atoms with Crippen molar-refractivity contribution in [2.45, 2.75) is 46.5 Å². The third-order valence-electron chi connectivity index (χ3n) is 6.14. The maximum absolute atomic E-state index is 4.23. The highest BCUT2D eigenvalue weighted by Gasteiger charge is 2.66. The Morgan fingerprint density at radius 2 is 2.00 bits per heavy atom. The van der Waals surface area contributed by atoms with Crippen LogP contribution in [-0.4, -0.2) is 0 Å². The van der Waals surface area contributed by atoms with Gasteiger partial charge in [-0.25, -0.2) is 0 Å². The molecule has 0 aromatic heterocycles. The van der Waals surface area contributed by atoms with Crippen molar-refractivity contribution < 1.29 is 0 Å². The van der Waals surface area contributed by atoms with E-state index < -0.39 is 0 Å². The van der Waals surface area contributed by atoms with Crippen molar-refractivity contribution in [2.24, 2.45) is 35.0 Å². The van der Waals surface area contributed by atoms with Gasteiger partial charge in [-0.15, -0.1) is 0 Å². The van der Waals surface area contributed by atoms with Gasteiger partial charge in [0.05, 0.1) is 0 Å². The van der Waals surface area contributed by atoms with Crippen LogP contribution < -0.4 is 0 Å². The maximum atomic E-state index is 4.23. The van der Waals surface area contributed by atoms with Crippen LogP contribution in [0, 0.1) is 35.0 Å². The molecule has 0 radical (unpaired) electrons. The molecule has 6 atom stereocenters. The summed E-state index contributed by atoms with van der Waals surface area (Å²) in [6.45, 7) is 11.5. The van der Waals surface area contributed by atoms with Gasteiger partial charge < -0.3 is 0 Å². The maximum Gasteiger partial charge on any atom is -0.0172 e. The Labute approximate surface area is 94.1 Å². The highest BCUT2D eigenvalue weighted by Crippen LogP contribution is 2.73. The topological polar surface area (TPSA) is 0 Å². The van der Waals surface area contributed by atoms with E-state index in [0.717, 1.165) is 29.6 Å². The summed E-state index contributed by atoms with van der Waals surface area (Å²) in [5.41, 5.74) is 2.17. The molecule has 3 aliphatic rings. The van der Waals surface area contributed by atoms with E-state index in [0.29, 0.717) is 5.41 Å². The summed E-state index contributed by atoms with van der Waals surface area (Å²) < 4.78 is 0. The van der Waals surface area contributed by atoms with Gasteiger partial charge >= 0.3 is 0 Å². The van der Waals surface area contributed by atoms with E-state index in [1.54, 1.807) is 0 Å². The van der Waals surface area contributed by atoms with Gasteiger partial charge in [-0.1, -0.05) is 32.4 Å². The van der Waals surface area contributed by atoms with Crippen LogP contribution in [0.1, 0.15) is 46.5 Å². The van der Waals surface area contributed by atoms with E-state index >= 15 is 0 Å². The van der Waals surface area contributed by atoms with E-state index in [-0.39, 0.29) is 0 Å². The number of fused-ring (bicyclic) bond motifs is 4. The van der Waals surface area contributed by atoms with Gasteiger partial charge in [0.25, 0.3) is 0 Å². The minimum Gasteiger partial charge on any atom is -0.0998 e. The fourth-order valence-corrected chi connectivity index (χ4v) is 5.44. The molecule has 0 amide bonds. The first-order chi connectivity index (χ1) is 7.05. The summed E-state index contributed by atoms with van der Waals surface area (Å²) >= 11 is 0. The molecule has 3 fully saturated rings. The lowest BCUT2D eigenvalue weighted by Gasteiger charge is -2.57. The zero-order valence-corrected chi connectivity index (χ0v) is 10.4. The third kappa shape index (κ3) is 1.04. The van der Waals surface area contributed by atoms with Crippen LogP contribution in [0.2, 0.25) is 0 Å². The van der Waals surface area contributed by atoms with Crippen molar-refractivity contribution >= 4 is 0 Å². The minimum absolute atomic E-state index is 0.707. The van der Waals surface area contributed by atoms with Crippen LogP contribution in [0.25, 0.3) is 0 Å². The lowest BCUT2D eigenvalue weighted by molar-refractivity contribution is -0.0940. The molecule has 0 N–H and O–H groups in total. The van der Waals surface area contributed by atoms with Crippen LogP contribution in [-0.2, 0) is 0 Å². The lowest BCUT2D eigenvalue weighted by atomic mass is 9.47. The third-order valence-corrected chi connectivity index (χ3v) is 6.14. The smallest absolute Gasteiger partial charge is 0.0172 e. The number of rotatable bonds is 1. The Morgan fingerprint density at radius 3 is 2.67 bits per heavy atom. The first kappa shape index (κ1) is 9.93.